The second kappa shape index (κ2) is 9.88. The van der Waals surface area contributed by atoms with Gasteiger partial charge in [-0.25, -0.2) is 4.58 Å². The number of unbranched alkanes of at least 4 members (excludes halogenated alkanes) is 1. The fourth-order valence-corrected chi connectivity index (χ4v) is 3.53. The summed E-state index contributed by atoms with van der Waals surface area (Å²) >= 11 is 0. The minimum Gasteiger partial charge on any atom is -0.542 e. The molecule has 1 aromatic carbocycles. The van der Waals surface area contributed by atoms with Gasteiger partial charge in [0.05, 0.1) is 0 Å². The molecule has 4 nitrogen and oxygen atoms in total. The number of halogens is 3. The lowest BCUT2D eigenvalue weighted by atomic mass is 9.93. The van der Waals surface area contributed by atoms with Gasteiger partial charge in [0.1, 0.15) is 24.7 Å². The molecule has 2 aliphatic heterocycles. The standard InChI is InChI=1S/C18H26NO.C2HF3O2/c1-2-8-17(9-3-1)10-4-5-13-19-14-6-11-18(16-19)12-7-15-20-18;3-2(4,5)1(6)7/h1-3,8-9,16H,4-7,10-15H2;(H,6,7)/q+1;/p-1. The Hall–Kier alpha value is -1.89. The van der Waals surface area contributed by atoms with Crippen molar-refractivity contribution in [1.29, 1.82) is 0 Å². The van der Waals surface area contributed by atoms with E-state index in [-0.39, 0.29) is 5.60 Å². The van der Waals surface area contributed by atoms with E-state index in [0.29, 0.717) is 0 Å². The van der Waals surface area contributed by atoms with Gasteiger partial charge in [0.25, 0.3) is 0 Å². The summed E-state index contributed by atoms with van der Waals surface area (Å²) in [5, 5.41) is 8.78. The van der Waals surface area contributed by atoms with Crippen LogP contribution in [0.4, 0.5) is 13.2 Å². The predicted octanol–water partition coefficient (Wildman–Crippen LogP) is 2.73. The number of aryl methyl sites for hydroxylation is 1. The van der Waals surface area contributed by atoms with Crippen LogP contribution in [0.3, 0.4) is 0 Å². The highest BCUT2D eigenvalue weighted by Crippen LogP contribution is 2.30. The number of nitrogens with zero attached hydrogens (tertiary/aromatic N) is 1. The Kier molecular flexibility index (Phi) is 7.83. The zero-order valence-corrected chi connectivity index (χ0v) is 15.3. The van der Waals surface area contributed by atoms with Crippen molar-refractivity contribution in [3.05, 3.63) is 35.9 Å². The predicted molar refractivity (Wildman–Crippen MR) is 93.7 cm³/mol. The molecule has 0 saturated carbocycles. The molecule has 0 radical (unpaired) electrons. The average Bonchev–Trinajstić information content (AvgIpc) is 3.07. The van der Waals surface area contributed by atoms with E-state index in [1.807, 2.05) is 0 Å². The van der Waals surface area contributed by atoms with Crippen LogP contribution in [0.2, 0.25) is 0 Å². The first-order chi connectivity index (χ1) is 12.8. The Labute approximate surface area is 157 Å². The molecule has 1 unspecified atom stereocenters. The van der Waals surface area contributed by atoms with Crippen molar-refractivity contribution in [2.75, 3.05) is 19.7 Å². The van der Waals surface area contributed by atoms with Crippen molar-refractivity contribution in [3.63, 3.8) is 0 Å². The topological polar surface area (TPSA) is 52.4 Å². The monoisotopic (exact) mass is 385 g/mol. The largest absolute Gasteiger partial charge is 0.542 e. The first-order valence-corrected chi connectivity index (χ1v) is 9.37. The molecule has 0 aliphatic carbocycles. The summed E-state index contributed by atoms with van der Waals surface area (Å²) in [4.78, 5) is 8.78. The second-order valence-corrected chi connectivity index (χ2v) is 7.01. The number of carboxylic acids is 1. The third kappa shape index (κ3) is 7.33. The molecule has 0 aromatic heterocycles. The fraction of sp³-hybridized carbons (Fsp3) is 0.600. The van der Waals surface area contributed by atoms with Crippen LogP contribution in [0.1, 0.15) is 44.1 Å². The second-order valence-electron chi connectivity index (χ2n) is 7.01. The number of carboxylic acid groups (broad SMARTS) is 1. The highest BCUT2D eigenvalue weighted by molar-refractivity contribution is 5.70. The average molecular weight is 385 g/mol. The van der Waals surface area contributed by atoms with Gasteiger partial charge in [0.15, 0.2) is 6.21 Å². The summed E-state index contributed by atoms with van der Waals surface area (Å²) in [5.41, 5.74) is 1.57. The van der Waals surface area contributed by atoms with Crippen LogP contribution in [-0.4, -0.2) is 48.2 Å². The van der Waals surface area contributed by atoms with Crippen molar-refractivity contribution >= 4 is 12.2 Å². The van der Waals surface area contributed by atoms with Gasteiger partial charge in [0.2, 0.25) is 0 Å². The molecule has 0 amide bonds. The Morgan fingerprint density at radius 3 is 2.41 bits per heavy atom. The van der Waals surface area contributed by atoms with Crippen molar-refractivity contribution in [3.8, 4) is 0 Å². The number of alkyl halides is 3. The first kappa shape index (κ1) is 21.4. The van der Waals surface area contributed by atoms with E-state index in [1.54, 1.807) is 0 Å². The van der Waals surface area contributed by atoms with E-state index in [1.165, 1.54) is 63.6 Å². The van der Waals surface area contributed by atoms with Gasteiger partial charge in [-0.05, 0) is 37.7 Å². The molecule has 27 heavy (non-hydrogen) atoms. The Morgan fingerprint density at radius 1 is 1.15 bits per heavy atom. The zero-order valence-electron chi connectivity index (χ0n) is 15.3. The highest BCUT2D eigenvalue weighted by atomic mass is 19.4. The minimum absolute atomic E-state index is 0.109. The molecule has 7 heteroatoms. The number of hydrogen-bond acceptors (Lipinski definition) is 3. The molecule has 1 atom stereocenters. The molecular weight excluding hydrogens is 359 g/mol. The van der Waals surface area contributed by atoms with E-state index < -0.39 is 12.1 Å². The SMILES string of the molecule is C1=[N+](CCCCc2ccccc2)CCCC12CCCO2.O=C([O-])C(F)(F)F. The molecular formula is C20H26F3NO3. The van der Waals surface area contributed by atoms with E-state index in [0.717, 1.165) is 6.61 Å². The molecule has 2 aliphatic rings. The summed E-state index contributed by atoms with van der Waals surface area (Å²) in [6, 6.07) is 10.8. The van der Waals surface area contributed by atoms with Crippen LogP contribution in [-0.2, 0) is 16.0 Å². The molecule has 2 heterocycles. The maximum Gasteiger partial charge on any atom is 0.430 e. The number of rotatable bonds is 5. The van der Waals surface area contributed by atoms with E-state index in [2.05, 4.69) is 41.1 Å². The van der Waals surface area contributed by atoms with Crippen LogP contribution in [0, 0.1) is 0 Å². The molecule has 0 bridgehead atoms. The fourth-order valence-electron chi connectivity index (χ4n) is 3.53. The molecule has 0 N–H and O–H groups in total. The summed E-state index contributed by atoms with van der Waals surface area (Å²) in [6.45, 7) is 3.37. The third-order valence-corrected chi connectivity index (χ3v) is 4.83. The third-order valence-electron chi connectivity index (χ3n) is 4.83. The molecule has 1 fully saturated rings. The van der Waals surface area contributed by atoms with Gasteiger partial charge in [-0.1, -0.05) is 30.3 Å². The molecule has 1 aromatic rings. The molecule has 1 saturated heterocycles. The van der Waals surface area contributed by atoms with E-state index in [9.17, 15) is 13.2 Å². The molecule has 3 rings (SSSR count). The zero-order chi connectivity index (χ0) is 19.8. The Balaban J connectivity index is 0.000000321. The van der Waals surface area contributed by atoms with Gasteiger partial charge in [-0.2, -0.15) is 13.2 Å². The van der Waals surface area contributed by atoms with E-state index in [4.69, 9.17) is 14.6 Å². The summed E-state index contributed by atoms with van der Waals surface area (Å²) in [5.74, 6) is -3.01. The number of aliphatic carboxylic acids is 1. The Bertz CT molecular complexity index is 623. The summed E-state index contributed by atoms with van der Waals surface area (Å²) in [7, 11) is 0. The van der Waals surface area contributed by atoms with Gasteiger partial charge in [-0.15, -0.1) is 0 Å². The lowest BCUT2D eigenvalue weighted by Gasteiger charge is -2.25. The van der Waals surface area contributed by atoms with Crippen LogP contribution in [0.25, 0.3) is 0 Å². The molecule has 150 valence electrons. The normalized spacial score (nSPS) is 22.1. The van der Waals surface area contributed by atoms with Gasteiger partial charge in [0, 0.05) is 19.4 Å². The van der Waals surface area contributed by atoms with Crippen molar-refractivity contribution in [2.24, 2.45) is 0 Å². The number of hydrogen-bond donors (Lipinski definition) is 0. The van der Waals surface area contributed by atoms with Crippen molar-refractivity contribution < 1.29 is 32.4 Å². The summed E-state index contributed by atoms with van der Waals surface area (Å²) in [6.07, 6.45) is 5.96. The lowest BCUT2D eigenvalue weighted by molar-refractivity contribution is -0.533. The van der Waals surface area contributed by atoms with Gasteiger partial charge < -0.3 is 14.6 Å². The van der Waals surface area contributed by atoms with Crippen molar-refractivity contribution in [2.45, 2.75) is 56.7 Å². The quantitative estimate of drug-likeness (QED) is 0.579. The smallest absolute Gasteiger partial charge is 0.430 e. The Morgan fingerprint density at radius 2 is 1.81 bits per heavy atom. The van der Waals surface area contributed by atoms with Crippen LogP contribution < -0.4 is 5.11 Å². The van der Waals surface area contributed by atoms with Crippen LogP contribution in [0.15, 0.2) is 30.3 Å². The van der Waals surface area contributed by atoms with Gasteiger partial charge in [-0.3, -0.25) is 0 Å². The van der Waals surface area contributed by atoms with Gasteiger partial charge >= 0.3 is 6.18 Å². The van der Waals surface area contributed by atoms with Crippen LogP contribution in [0.5, 0.6) is 0 Å². The number of carbonyl (C=O) groups excluding carboxylic acids is 1. The first-order valence-electron chi connectivity index (χ1n) is 9.37. The highest BCUT2D eigenvalue weighted by Gasteiger charge is 2.39. The summed E-state index contributed by atoms with van der Waals surface area (Å²) < 4.78 is 40.1. The number of ether oxygens (including phenoxy) is 1. The lowest BCUT2D eigenvalue weighted by Crippen LogP contribution is -2.40. The van der Waals surface area contributed by atoms with Crippen LogP contribution >= 0.6 is 0 Å². The number of carbonyl (C=O) groups is 1. The maximum absolute atomic E-state index is 10.5. The maximum atomic E-state index is 10.5. The van der Waals surface area contributed by atoms with E-state index >= 15 is 0 Å². The number of benzene rings is 1. The van der Waals surface area contributed by atoms with Crippen molar-refractivity contribution in [1.82, 2.24) is 0 Å². The molecule has 1 spiro atoms. The minimum atomic E-state index is -5.19.